The fourth-order valence-corrected chi connectivity index (χ4v) is 0.657. The Morgan fingerprint density at radius 2 is 1.92 bits per heavy atom. The third kappa shape index (κ3) is 12.2. The van der Waals surface area contributed by atoms with E-state index < -0.39 is 0 Å². The van der Waals surface area contributed by atoms with Crippen LogP contribution in [0, 0.1) is 0 Å². The van der Waals surface area contributed by atoms with Crippen LogP contribution in [-0.4, -0.2) is 13.1 Å². The molecule has 2 nitrogen and oxygen atoms in total. The van der Waals surface area contributed by atoms with Crippen molar-refractivity contribution >= 4 is 0 Å². The SMILES string of the molecule is C/C=C(\C)NCCCCN.CC. The highest BCUT2D eigenvalue weighted by Gasteiger charge is 1.85. The van der Waals surface area contributed by atoms with Gasteiger partial charge in [-0.05, 0) is 33.2 Å². The molecule has 12 heavy (non-hydrogen) atoms. The van der Waals surface area contributed by atoms with Crippen molar-refractivity contribution in [1.29, 1.82) is 0 Å². The Bertz CT molecular complexity index is 98.0. The van der Waals surface area contributed by atoms with Crippen LogP contribution < -0.4 is 11.1 Å². The van der Waals surface area contributed by atoms with Crippen molar-refractivity contribution in [2.45, 2.75) is 40.5 Å². The molecule has 0 radical (unpaired) electrons. The van der Waals surface area contributed by atoms with Crippen molar-refractivity contribution in [3.05, 3.63) is 11.8 Å². The summed E-state index contributed by atoms with van der Waals surface area (Å²) >= 11 is 0. The number of allylic oxidation sites excluding steroid dienone is 2. The van der Waals surface area contributed by atoms with Gasteiger partial charge in [0.15, 0.2) is 0 Å². The van der Waals surface area contributed by atoms with Crippen LogP contribution in [0.2, 0.25) is 0 Å². The lowest BCUT2D eigenvalue weighted by Gasteiger charge is -2.03. The molecule has 2 heteroatoms. The highest BCUT2D eigenvalue weighted by Crippen LogP contribution is 1.87. The number of hydrogen-bond acceptors (Lipinski definition) is 2. The van der Waals surface area contributed by atoms with Crippen LogP contribution in [0.1, 0.15) is 40.5 Å². The quantitative estimate of drug-likeness (QED) is 0.624. The maximum atomic E-state index is 5.34. The Morgan fingerprint density at radius 3 is 2.33 bits per heavy atom. The number of nitrogens with two attached hydrogens (primary N) is 1. The minimum Gasteiger partial charge on any atom is -0.389 e. The summed E-state index contributed by atoms with van der Waals surface area (Å²) in [6.07, 6.45) is 4.36. The van der Waals surface area contributed by atoms with Crippen LogP contribution in [0.3, 0.4) is 0 Å². The van der Waals surface area contributed by atoms with Gasteiger partial charge in [-0.3, -0.25) is 0 Å². The largest absolute Gasteiger partial charge is 0.389 e. The van der Waals surface area contributed by atoms with Crippen molar-refractivity contribution in [2.24, 2.45) is 5.73 Å². The third-order valence-corrected chi connectivity index (χ3v) is 1.47. The Morgan fingerprint density at radius 1 is 1.33 bits per heavy atom. The molecule has 0 fully saturated rings. The summed E-state index contributed by atoms with van der Waals surface area (Å²) in [7, 11) is 0. The first-order valence-electron chi connectivity index (χ1n) is 4.88. The highest BCUT2D eigenvalue weighted by atomic mass is 14.9. The molecular formula is C10H24N2. The molecular weight excluding hydrogens is 148 g/mol. The number of rotatable bonds is 5. The van der Waals surface area contributed by atoms with Gasteiger partial charge in [0.25, 0.3) is 0 Å². The summed E-state index contributed by atoms with van der Waals surface area (Å²) in [6, 6.07) is 0. The molecule has 0 atom stereocenters. The predicted molar refractivity (Wildman–Crippen MR) is 57.1 cm³/mol. The molecule has 0 bridgehead atoms. The summed E-state index contributed by atoms with van der Waals surface area (Å²) in [5.74, 6) is 0. The lowest BCUT2D eigenvalue weighted by Crippen LogP contribution is -2.13. The molecule has 0 aromatic rings. The van der Waals surface area contributed by atoms with E-state index in [-0.39, 0.29) is 0 Å². The Hall–Kier alpha value is -0.500. The van der Waals surface area contributed by atoms with Crippen molar-refractivity contribution in [2.75, 3.05) is 13.1 Å². The van der Waals surface area contributed by atoms with Gasteiger partial charge < -0.3 is 11.1 Å². The molecule has 0 saturated heterocycles. The van der Waals surface area contributed by atoms with Gasteiger partial charge in [-0.2, -0.15) is 0 Å². The molecule has 0 aromatic carbocycles. The van der Waals surface area contributed by atoms with Crippen LogP contribution in [0.4, 0.5) is 0 Å². The van der Waals surface area contributed by atoms with E-state index in [1.807, 2.05) is 20.8 Å². The van der Waals surface area contributed by atoms with Crippen molar-refractivity contribution < 1.29 is 0 Å². The standard InChI is InChI=1S/C8H18N2.C2H6/c1-3-8(2)10-7-5-4-6-9;1-2/h3,10H,4-7,9H2,1-2H3;1-2H3/b8-3+;. The monoisotopic (exact) mass is 172 g/mol. The molecule has 0 rings (SSSR count). The minimum absolute atomic E-state index is 0.802. The van der Waals surface area contributed by atoms with Crippen LogP contribution in [-0.2, 0) is 0 Å². The molecule has 74 valence electrons. The molecule has 0 aromatic heterocycles. The van der Waals surface area contributed by atoms with E-state index in [9.17, 15) is 0 Å². The summed E-state index contributed by atoms with van der Waals surface area (Å²) in [6.45, 7) is 9.96. The fourth-order valence-electron chi connectivity index (χ4n) is 0.657. The maximum Gasteiger partial charge on any atom is 0.0144 e. The molecule has 3 N–H and O–H groups in total. The van der Waals surface area contributed by atoms with Crippen LogP contribution in [0.15, 0.2) is 11.8 Å². The van der Waals surface area contributed by atoms with Gasteiger partial charge in [0.1, 0.15) is 0 Å². The van der Waals surface area contributed by atoms with E-state index in [1.54, 1.807) is 0 Å². The summed E-state index contributed by atoms with van der Waals surface area (Å²) < 4.78 is 0. The van der Waals surface area contributed by atoms with Crippen LogP contribution in [0.25, 0.3) is 0 Å². The zero-order chi connectivity index (χ0) is 9.82. The normalized spacial score (nSPS) is 10.2. The summed E-state index contributed by atoms with van der Waals surface area (Å²) in [5, 5.41) is 3.27. The Kier molecular flexibility index (Phi) is 15.4. The van der Waals surface area contributed by atoms with Crippen LogP contribution in [0.5, 0.6) is 0 Å². The van der Waals surface area contributed by atoms with E-state index in [0.717, 1.165) is 19.5 Å². The van der Waals surface area contributed by atoms with Gasteiger partial charge in [-0.1, -0.05) is 19.9 Å². The topological polar surface area (TPSA) is 38.0 Å². The van der Waals surface area contributed by atoms with E-state index in [1.165, 1.54) is 12.1 Å². The second kappa shape index (κ2) is 13.1. The number of unbranched alkanes of at least 4 members (excludes halogenated alkanes) is 1. The Labute approximate surface area is 77.2 Å². The zero-order valence-electron chi connectivity index (χ0n) is 8.98. The lowest BCUT2D eigenvalue weighted by molar-refractivity contribution is 0.684. The van der Waals surface area contributed by atoms with Crippen molar-refractivity contribution in [3.8, 4) is 0 Å². The van der Waals surface area contributed by atoms with Crippen molar-refractivity contribution in [3.63, 3.8) is 0 Å². The van der Waals surface area contributed by atoms with E-state index in [0.29, 0.717) is 0 Å². The van der Waals surface area contributed by atoms with Gasteiger partial charge in [-0.25, -0.2) is 0 Å². The number of nitrogens with one attached hydrogen (secondary N) is 1. The molecule has 0 aliphatic rings. The summed E-state index contributed by atoms with van der Waals surface area (Å²) in [4.78, 5) is 0. The first-order chi connectivity index (χ1) is 5.81. The minimum atomic E-state index is 0.802. The zero-order valence-corrected chi connectivity index (χ0v) is 8.98. The summed E-state index contributed by atoms with van der Waals surface area (Å²) in [5.41, 5.74) is 6.58. The average Bonchev–Trinajstić information content (AvgIpc) is 2.15. The molecule has 0 saturated carbocycles. The van der Waals surface area contributed by atoms with Gasteiger partial charge in [0, 0.05) is 12.2 Å². The second-order valence-corrected chi connectivity index (χ2v) is 2.39. The van der Waals surface area contributed by atoms with Crippen LogP contribution >= 0.6 is 0 Å². The van der Waals surface area contributed by atoms with Gasteiger partial charge >= 0.3 is 0 Å². The van der Waals surface area contributed by atoms with E-state index in [2.05, 4.69) is 18.3 Å². The Balaban J connectivity index is 0. The maximum absolute atomic E-state index is 5.34. The van der Waals surface area contributed by atoms with Gasteiger partial charge in [0.05, 0.1) is 0 Å². The third-order valence-electron chi connectivity index (χ3n) is 1.47. The molecule has 0 amide bonds. The van der Waals surface area contributed by atoms with Gasteiger partial charge in [0.2, 0.25) is 0 Å². The van der Waals surface area contributed by atoms with E-state index in [4.69, 9.17) is 5.73 Å². The smallest absolute Gasteiger partial charge is 0.0144 e. The lowest BCUT2D eigenvalue weighted by atomic mass is 10.3. The molecule has 0 aliphatic heterocycles. The first-order valence-corrected chi connectivity index (χ1v) is 4.88. The molecule has 0 unspecified atom stereocenters. The molecule has 0 aliphatic carbocycles. The van der Waals surface area contributed by atoms with Gasteiger partial charge in [-0.15, -0.1) is 0 Å². The first kappa shape index (κ1) is 14.0. The average molecular weight is 172 g/mol. The predicted octanol–water partition coefficient (Wildman–Crippen LogP) is 2.26. The second-order valence-electron chi connectivity index (χ2n) is 2.39. The fraction of sp³-hybridized carbons (Fsp3) is 0.800. The molecule has 0 spiro atoms. The van der Waals surface area contributed by atoms with E-state index >= 15 is 0 Å². The number of hydrogen-bond donors (Lipinski definition) is 2. The van der Waals surface area contributed by atoms with Crippen molar-refractivity contribution in [1.82, 2.24) is 5.32 Å². The molecule has 0 heterocycles. The highest BCUT2D eigenvalue weighted by molar-refractivity contribution is 4.91.